The number of methoxy groups -OCH3 is 1. The van der Waals surface area contributed by atoms with Crippen LogP contribution in [-0.4, -0.2) is 18.1 Å². The van der Waals surface area contributed by atoms with E-state index in [2.05, 4.69) is 26.6 Å². The highest BCUT2D eigenvalue weighted by Gasteiger charge is 2.08. The summed E-state index contributed by atoms with van der Waals surface area (Å²) < 4.78 is 5.91. The highest BCUT2D eigenvalue weighted by atomic mass is 79.9. The molecule has 0 saturated carbocycles. The van der Waals surface area contributed by atoms with Crippen LogP contribution in [0.25, 0.3) is 0 Å². The van der Waals surface area contributed by atoms with E-state index in [-0.39, 0.29) is 11.0 Å². The van der Waals surface area contributed by atoms with Crippen LogP contribution in [0, 0.1) is 0 Å². The third kappa shape index (κ3) is 4.54. The molecule has 0 fully saturated rings. The zero-order valence-electron chi connectivity index (χ0n) is 11.2. The Kier molecular flexibility index (Phi) is 5.30. The first-order chi connectivity index (χ1) is 10.1. The summed E-state index contributed by atoms with van der Waals surface area (Å²) in [7, 11) is 1.60. The molecule has 108 valence electrons. The molecule has 4 nitrogen and oxygen atoms in total. The van der Waals surface area contributed by atoms with Gasteiger partial charge in [0.2, 0.25) is 0 Å². The van der Waals surface area contributed by atoms with E-state index in [4.69, 9.17) is 17.0 Å². The maximum atomic E-state index is 12.0. The van der Waals surface area contributed by atoms with Gasteiger partial charge in [-0.1, -0.05) is 22.0 Å². The summed E-state index contributed by atoms with van der Waals surface area (Å²) in [6.07, 6.45) is 0. The smallest absolute Gasteiger partial charge is 0.257 e. The average molecular weight is 365 g/mol. The Balaban J connectivity index is 1.96. The molecule has 0 aliphatic heterocycles. The van der Waals surface area contributed by atoms with Gasteiger partial charge in [0, 0.05) is 15.7 Å². The van der Waals surface area contributed by atoms with Crippen molar-refractivity contribution in [3.8, 4) is 5.75 Å². The first-order valence-corrected chi connectivity index (χ1v) is 7.30. The van der Waals surface area contributed by atoms with Crippen molar-refractivity contribution in [2.24, 2.45) is 0 Å². The van der Waals surface area contributed by atoms with Crippen LogP contribution in [0.4, 0.5) is 5.69 Å². The highest BCUT2D eigenvalue weighted by molar-refractivity contribution is 9.10. The van der Waals surface area contributed by atoms with Crippen molar-refractivity contribution in [1.29, 1.82) is 0 Å². The van der Waals surface area contributed by atoms with Crippen LogP contribution >= 0.6 is 28.1 Å². The molecule has 0 radical (unpaired) electrons. The second-order valence-electron chi connectivity index (χ2n) is 4.15. The minimum Gasteiger partial charge on any atom is -0.497 e. The van der Waals surface area contributed by atoms with Crippen LogP contribution in [-0.2, 0) is 0 Å². The Morgan fingerprint density at radius 1 is 1.19 bits per heavy atom. The number of nitrogens with one attached hydrogen (secondary N) is 2. The van der Waals surface area contributed by atoms with Gasteiger partial charge in [-0.15, -0.1) is 0 Å². The van der Waals surface area contributed by atoms with Crippen LogP contribution in [0.2, 0.25) is 0 Å². The predicted octanol–water partition coefficient (Wildman–Crippen LogP) is 3.58. The normalized spacial score (nSPS) is 9.81. The molecule has 21 heavy (non-hydrogen) atoms. The fourth-order valence-electron chi connectivity index (χ4n) is 1.64. The third-order valence-electron chi connectivity index (χ3n) is 2.66. The molecule has 0 heterocycles. The molecule has 1 amide bonds. The summed E-state index contributed by atoms with van der Waals surface area (Å²) in [5, 5.41) is 5.81. The summed E-state index contributed by atoms with van der Waals surface area (Å²) in [6, 6.07) is 14.3. The number of benzene rings is 2. The summed E-state index contributed by atoms with van der Waals surface area (Å²) in [5.41, 5.74) is 1.30. The monoisotopic (exact) mass is 364 g/mol. The highest BCUT2D eigenvalue weighted by Crippen LogP contribution is 2.15. The zero-order valence-corrected chi connectivity index (χ0v) is 13.6. The Morgan fingerprint density at radius 3 is 2.52 bits per heavy atom. The fourth-order valence-corrected chi connectivity index (χ4v) is 2.25. The van der Waals surface area contributed by atoms with Gasteiger partial charge in [-0.05, 0) is 54.7 Å². The van der Waals surface area contributed by atoms with E-state index in [1.165, 1.54) is 0 Å². The van der Waals surface area contributed by atoms with E-state index >= 15 is 0 Å². The molecule has 0 aliphatic carbocycles. The Labute approximate surface area is 136 Å². The summed E-state index contributed by atoms with van der Waals surface area (Å²) >= 11 is 8.44. The largest absolute Gasteiger partial charge is 0.497 e. The number of anilines is 1. The van der Waals surface area contributed by atoms with Crippen LogP contribution in [0.1, 0.15) is 10.4 Å². The van der Waals surface area contributed by atoms with Crippen molar-refractivity contribution in [3.63, 3.8) is 0 Å². The molecule has 0 spiro atoms. The van der Waals surface area contributed by atoms with E-state index < -0.39 is 0 Å². The van der Waals surface area contributed by atoms with Gasteiger partial charge in [-0.25, -0.2) is 0 Å². The Bertz CT molecular complexity index is 659. The van der Waals surface area contributed by atoms with E-state index in [0.29, 0.717) is 5.56 Å². The van der Waals surface area contributed by atoms with Gasteiger partial charge in [0.05, 0.1) is 7.11 Å². The number of hydrogen-bond acceptors (Lipinski definition) is 3. The van der Waals surface area contributed by atoms with Gasteiger partial charge in [-0.3, -0.25) is 10.1 Å². The van der Waals surface area contributed by atoms with Crippen molar-refractivity contribution in [2.75, 3.05) is 12.4 Å². The molecule has 0 unspecified atom stereocenters. The molecule has 0 aliphatic rings. The minimum atomic E-state index is -0.262. The second kappa shape index (κ2) is 7.19. The van der Waals surface area contributed by atoms with Crippen molar-refractivity contribution in [2.45, 2.75) is 0 Å². The maximum absolute atomic E-state index is 12.0. The fraction of sp³-hybridized carbons (Fsp3) is 0.0667. The average Bonchev–Trinajstić information content (AvgIpc) is 2.48. The summed E-state index contributed by atoms with van der Waals surface area (Å²) in [6.45, 7) is 0. The lowest BCUT2D eigenvalue weighted by Gasteiger charge is -2.10. The quantitative estimate of drug-likeness (QED) is 0.817. The first-order valence-electron chi connectivity index (χ1n) is 6.10. The van der Waals surface area contributed by atoms with Crippen molar-refractivity contribution in [3.05, 3.63) is 58.6 Å². The van der Waals surface area contributed by atoms with Crippen LogP contribution in [0.15, 0.2) is 53.0 Å². The molecule has 2 aromatic carbocycles. The number of carbonyl (C=O) groups is 1. The lowest BCUT2D eigenvalue weighted by atomic mass is 10.2. The molecule has 0 atom stereocenters. The molecular weight excluding hydrogens is 352 g/mol. The lowest BCUT2D eigenvalue weighted by molar-refractivity contribution is 0.0977. The number of halogens is 1. The van der Waals surface area contributed by atoms with E-state index in [1.54, 1.807) is 37.4 Å². The van der Waals surface area contributed by atoms with E-state index in [9.17, 15) is 4.79 Å². The topological polar surface area (TPSA) is 50.4 Å². The van der Waals surface area contributed by atoms with Crippen LogP contribution in [0.3, 0.4) is 0 Å². The van der Waals surface area contributed by atoms with Crippen molar-refractivity contribution >= 4 is 44.9 Å². The molecule has 2 N–H and O–H groups in total. The van der Waals surface area contributed by atoms with Gasteiger partial charge in [0.1, 0.15) is 5.75 Å². The number of carbonyl (C=O) groups excluding carboxylic acids is 1. The van der Waals surface area contributed by atoms with Gasteiger partial charge in [-0.2, -0.15) is 0 Å². The molecular formula is C15H13BrN2O2S. The predicted molar refractivity (Wildman–Crippen MR) is 90.8 cm³/mol. The SMILES string of the molecule is COc1ccc(NC(=S)NC(=O)c2cccc(Br)c2)cc1. The number of amides is 1. The molecule has 2 rings (SSSR count). The number of rotatable bonds is 3. The van der Waals surface area contributed by atoms with E-state index in [0.717, 1.165) is 15.9 Å². The standard InChI is InChI=1S/C15H13BrN2O2S/c1-20-13-7-5-12(6-8-13)17-15(21)18-14(19)10-3-2-4-11(16)9-10/h2-9H,1H3,(H2,17,18,19,21). The van der Waals surface area contributed by atoms with Crippen LogP contribution in [0.5, 0.6) is 5.75 Å². The first kappa shape index (κ1) is 15.5. The lowest BCUT2D eigenvalue weighted by Crippen LogP contribution is -2.34. The summed E-state index contributed by atoms with van der Waals surface area (Å²) in [5.74, 6) is 0.493. The summed E-state index contributed by atoms with van der Waals surface area (Å²) in [4.78, 5) is 12.0. The van der Waals surface area contributed by atoms with Crippen molar-refractivity contribution in [1.82, 2.24) is 5.32 Å². The van der Waals surface area contributed by atoms with Crippen molar-refractivity contribution < 1.29 is 9.53 Å². The second-order valence-corrected chi connectivity index (χ2v) is 5.47. The van der Waals surface area contributed by atoms with Gasteiger partial charge in [0.15, 0.2) is 5.11 Å². The van der Waals surface area contributed by atoms with E-state index in [1.807, 2.05) is 18.2 Å². The number of ether oxygens (including phenoxy) is 1. The molecule has 0 saturated heterocycles. The van der Waals surface area contributed by atoms with Crippen LogP contribution < -0.4 is 15.4 Å². The molecule has 0 aromatic heterocycles. The third-order valence-corrected chi connectivity index (χ3v) is 3.36. The number of thiocarbonyl (C=S) groups is 1. The molecule has 2 aromatic rings. The number of hydrogen-bond donors (Lipinski definition) is 2. The Morgan fingerprint density at radius 2 is 1.90 bits per heavy atom. The van der Waals surface area contributed by atoms with Gasteiger partial charge in [0.25, 0.3) is 5.91 Å². The minimum absolute atomic E-state index is 0.241. The molecule has 6 heteroatoms. The molecule has 0 bridgehead atoms. The Hall–Kier alpha value is -1.92. The van der Waals surface area contributed by atoms with Gasteiger partial charge < -0.3 is 10.1 Å². The van der Waals surface area contributed by atoms with Gasteiger partial charge >= 0.3 is 0 Å². The zero-order chi connectivity index (χ0) is 15.2. The maximum Gasteiger partial charge on any atom is 0.257 e.